The van der Waals surface area contributed by atoms with E-state index in [4.69, 9.17) is 0 Å². The molecular weight excluding hydrogens is 396 g/mol. The van der Waals surface area contributed by atoms with E-state index in [0.717, 1.165) is 39.7 Å². The Bertz CT molecular complexity index is 1120. The minimum Gasteiger partial charge on any atom is -0.352 e. The number of aromatic nitrogens is 3. The van der Waals surface area contributed by atoms with Gasteiger partial charge in [0.1, 0.15) is 5.82 Å². The van der Waals surface area contributed by atoms with Crippen LogP contribution in [0, 0.1) is 0 Å². The Labute approximate surface area is 178 Å². The zero-order valence-electron chi connectivity index (χ0n) is 16.2. The number of amides is 1. The van der Waals surface area contributed by atoms with E-state index in [9.17, 15) is 4.79 Å². The normalized spacial score (nSPS) is 14.1. The molecule has 1 fully saturated rings. The van der Waals surface area contributed by atoms with Crippen molar-refractivity contribution in [1.82, 2.24) is 20.1 Å². The van der Waals surface area contributed by atoms with Gasteiger partial charge in [-0.2, -0.15) is 0 Å². The van der Waals surface area contributed by atoms with Gasteiger partial charge in [-0.05, 0) is 41.8 Å². The van der Waals surface area contributed by atoms with E-state index in [0.29, 0.717) is 18.9 Å². The van der Waals surface area contributed by atoms with Crippen molar-refractivity contribution in [3.05, 3.63) is 71.7 Å². The number of hydrogen-bond acceptors (Lipinski definition) is 7. The van der Waals surface area contributed by atoms with Gasteiger partial charge in [0.2, 0.25) is 0 Å². The molecule has 0 unspecified atom stereocenters. The van der Waals surface area contributed by atoms with Crippen molar-refractivity contribution in [3.63, 3.8) is 0 Å². The van der Waals surface area contributed by atoms with Gasteiger partial charge in [0, 0.05) is 37.1 Å². The van der Waals surface area contributed by atoms with Crippen LogP contribution < -0.4 is 10.2 Å². The van der Waals surface area contributed by atoms with Gasteiger partial charge in [0.25, 0.3) is 5.91 Å². The number of piperazine rings is 1. The van der Waals surface area contributed by atoms with Crippen LogP contribution in [0.25, 0.3) is 10.1 Å². The molecule has 0 radical (unpaired) electrons. The molecule has 1 aromatic carbocycles. The summed E-state index contributed by atoms with van der Waals surface area (Å²) in [6.07, 6.45) is 1.73. The molecule has 1 amide bonds. The van der Waals surface area contributed by atoms with Crippen molar-refractivity contribution in [2.75, 3.05) is 36.4 Å². The molecule has 4 aromatic rings. The number of carbonyl (C=O) groups is 1. The average molecular weight is 417 g/mol. The Morgan fingerprint density at radius 1 is 0.900 bits per heavy atom. The fraction of sp³-hybridized carbons (Fsp3) is 0.182. The quantitative estimate of drug-likeness (QED) is 0.546. The van der Waals surface area contributed by atoms with Crippen LogP contribution in [0.2, 0.25) is 0 Å². The van der Waals surface area contributed by atoms with Crippen LogP contribution in [0.3, 0.4) is 0 Å². The minimum atomic E-state index is 0.108. The molecule has 150 valence electrons. The van der Waals surface area contributed by atoms with E-state index < -0.39 is 0 Å². The van der Waals surface area contributed by atoms with E-state index >= 15 is 0 Å². The van der Waals surface area contributed by atoms with E-state index in [2.05, 4.69) is 31.5 Å². The van der Waals surface area contributed by atoms with E-state index in [1.807, 2.05) is 59.5 Å². The smallest absolute Gasteiger partial charge is 0.264 e. The van der Waals surface area contributed by atoms with Gasteiger partial charge in [-0.1, -0.05) is 24.3 Å². The number of benzene rings is 1. The fourth-order valence-corrected chi connectivity index (χ4v) is 4.54. The summed E-state index contributed by atoms with van der Waals surface area (Å²) in [5.74, 6) is 2.30. The lowest BCUT2D eigenvalue weighted by molar-refractivity contribution is 0.0751. The summed E-state index contributed by atoms with van der Waals surface area (Å²) < 4.78 is 1.15. The minimum absolute atomic E-state index is 0.108. The highest BCUT2D eigenvalue weighted by molar-refractivity contribution is 7.20. The molecule has 0 atom stereocenters. The molecule has 30 heavy (non-hydrogen) atoms. The number of rotatable bonds is 4. The Kier molecular flexibility index (Phi) is 4.98. The molecule has 7 nitrogen and oxygen atoms in total. The molecule has 3 aromatic heterocycles. The van der Waals surface area contributed by atoms with Gasteiger partial charge in [0.15, 0.2) is 11.6 Å². The van der Waals surface area contributed by atoms with Crippen molar-refractivity contribution in [3.8, 4) is 0 Å². The second kappa shape index (κ2) is 8.08. The Morgan fingerprint density at radius 2 is 1.73 bits per heavy atom. The van der Waals surface area contributed by atoms with E-state index in [1.165, 1.54) is 0 Å². The monoisotopic (exact) mass is 416 g/mol. The summed E-state index contributed by atoms with van der Waals surface area (Å²) in [6.45, 7) is 2.81. The summed E-state index contributed by atoms with van der Waals surface area (Å²) in [6, 6.07) is 19.6. The second-order valence-corrected chi connectivity index (χ2v) is 8.13. The number of pyridine rings is 1. The number of thiophene rings is 1. The lowest BCUT2D eigenvalue weighted by Crippen LogP contribution is -2.48. The summed E-state index contributed by atoms with van der Waals surface area (Å²) in [7, 11) is 0. The van der Waals surface area contributed by atoms with Gasteiger partial charge < -0.3 is 15.1 Å². The Morgan fingerprint density at radius 3 is 2.47 bits per heavy atom. The first-order valence-corrected chi connectivity index (χ1v) is 10.6. The molecule has 8 heteroatoms. The molecule has 4 heterocycles. The first-order chi connectivity index (χ1) is 14.8. The second-order valence-electron chi connectivity index (χ2n) is 7.04. The highest BCUT2D eigenvalue weighted by Crippen LogP contribution is 2.27. The number of hydrogen-bond donors (Lipinski definition) is 1. The zero-order valence-corrected chi connectivity index (χ0v) is 17.0. The van der Waals surface area contributed by atoms with Crippen LogP contribution in [0.1, 0.15) is 9.67 Å². The molecule has 1 aliphatic rings. The first kappa shape index (κ1) is 18.5. The van der Waals surface area contributed by atoms with Crippen LogP contribution in [-0.4, -0.2) is 52.2 Å². The summed E-state index contributed by atoms with van der Waals surface area (Å²) in [5, 5.41) is 12.8. The molecule has 5 rings (SSSR count). The van der Waals surface area contributed by atoms with Gasteiger partial charge >= 0.3 is 0 Å². The van der Waals surface area contributed by atoms with Crippen LogP contribution in [-0.2, 0) is 0 Å². The molecule has 0 spiro atoms. The Hall–Kier alpha value is -3.52. The topological polar surface area (TPSA) is 74.2 Å². The van der Waals surface area contributed by atoms with Crippen LogP contribution in [0.4, 0.5) is 17.5 Å². The first-order valence-electron chi connectivity index (χ1n) is 9.81. The molecule has 1 aliphatic heterocycles. The van der Waals surface area contributed by atoms with Crippen LogP contribution in [0.5, 0.6) is 0 Å². The van der Waals surface area contributed by atoms with Crippen LogP contribution >= 0.6 is 11.3 Å². The van der Waals surface area contributed by atoms with Crippen molar-refractivity contribution in [1.29, 1.82) is 0 Å². The zero-order chi connectivity index (χ0) is 20.3. The summed E-state index contributed by atoms with van der Waals surface area (Å²) in [4.78, 5) is 22.0. The highest BCUT2D eigenvalue weighted by Gasteiger charge is 2.24. The number of carbonyl (C=O) groups excluding carboxylic acids is 1. The van der Waals surface area contributed by atoms with Gasteiger partial charge in [-0.25, -0.2) is 4.98 Å². The SMILES string of the molecule is O=C(c1cc2ccccc2s1)N1CCN(c2ccc(Nc3ccccn3)nn2)CC1. The maximum absolute atomic E-state index is 12.9. The molecule has 0 bridgehead atoms. The molecule has 0 saturated carbocycles. The number of anilines is 3. The van der Waals surface area contributed by atoms with Crippen molar-refractivity contribution in [2.45, 2.75) is 0 Å². The average Bonchev–Trinajstić information content (AvgIpc) is 3.24. The van der Waals surface area contributed by atoms with Crippen molar-refractivity contribution in [2.24, 2.45) is 0 Å². The number of nitrogens with one attached hydrogen (secondary N) is 1. The summed E-state index contributed by atoms with van der Waals surface area (Å²) >= 11 is 1.56. The Balaban J connectivity index is 1.20. The number of fused-ring (bicyclic) bond motifs is 1. The van der Waals surface area contributed by atoms with E-state index in [-0.39, 0.29) is 5.91 Å². The predicted octanol–water partition coefficient (Wildman–Crippen LogP) is 3.79. The third-order valence-electron chi connectivity index (χ3n) is 5.10. The largest absolute Gasteiger partial charge is 0.352 e. The standard InChI is InChI=1S/C22H20N6OS/c29-22(18-15-16-5-1-2-6-17(16)30-18)28-13-11-27(12-14-28)21-9-8-20(25-26-21)24-19-7-3-4-10-23-19/h1-10,15H,11-14H2,(H,23,24,25). The molecular formula is C22H20N6OS. The highest BCUT2D eigenvalue weighted by atomic mass is 32.1. The molecule has 1 saturated heterocycles. The van der Waals surface area contributed by atoms with Gasteiger partial charge in [-0.15, -0.1) is 21.5 Å². The molecule has 0 aliphatic carbocycles. The lowest BCUT2D eigenvalue weighted by Gasteiger charge is -2.35. The third kappa shape index (κ3) is 3.81. The van der Waals surface area contributed by atoms with Crippen LogP contribution in [0.15, 0.2) is 66.9 Å². The van der Waals surface area contributed by atoms with E-state index in [1.54, 1.807) is 17.5 Å². The number of nitrogens with zero attached hydrogens (tertiary/aromatic N) is 5. The predicted molar refractivity (Wildman–Crippen MR) is 119 cm³/mol. The van der Waals surface area contributed by atoms with Gasteiger partial charge in [-0.3, -0.25) is 4.79 Å². The third-order valence-corrected chi connectivity index (χ3v) is 6.20. The maximum Gasteiger partial charge on any atom is 0.264 e. The van der Waals surface area contributed by atoms with Crippen molar-refractivity contribution < 1.29 is 4.79 Å². The summed E-state index contributed by atoms with van der Waals surface area (Å²) in [5.41, 5.74) is 0. The van der Waals surface area contributed by atoms with Gasteiger partial charge in [0.05, 0.1) is 4.88 Å². The van der Waals surface area contributed by atoms with Crippen molar-refractivity contribution >= 4 is 44.8 Å². The maximum atomic E-state index is 12.9. The molecule has 1 N–H and O–H groups in total. The fourth-order valence-electron chi connectivity index (χ4n) is 3.51. The lowest BCUT2D eigenvalue weighted by atomic mass is 10.2.